The molecule has 1 aliphatic carbocycles. The van der Waals surface area contributed by atoms with Crippen molar-refractivity contribution in [3.05, 3.63) is 57.1 Å². The van der Waals surface area contributed by atoms with Gasteiger partial charge in [-0.2, -0.15) is 0 Å². The van der Waals surface area contributed by atoms with Gasteiger partial charge < -0.3 is 10.5 Å². The predicted molar refractivity (Wildman–Crippen MR) is 95.5 cm³/mol. The Morgan fingerprint density at radius 3 is 2.85 bits per heavy atom. The van der Waals surface area contributed by atoms with Gasteiger partial charge in [-0.25, -0.2) is 18.9 Å². The van der Waals surface area contributed by atoms with Crippen LogP contribution in [0, 0.1) is 5.92 Å². The standard InChI is InChI=1S/C18H17N5O3/c1-26-17(24)12-7-8-13-14(9-12)23-16(15(19)20-13)21-22(18(23)25)10-11-5-3-2-4-6-11/h2-6,8-9,12H,7,10H2,1H3,(H2,19,20). The number of benzene rings is 1. The molecule has 8 heteroatoms. The lowest BCUT2D eigenvalue weighted by Crippen LogP contribution is -2.43. The lowest BCUT2D eigenvalue weighted by atomic mass is 10.0. The summed E-state index contributed by atoms with van der Waals surface area (Å²) in [4.78, 5) is 29.1. The molecule has 0 bridgehead atoms. The lowest BCUT2D eigenvalue weighted by molar-refractivity contribution is -0.143. The van der Waals surface area contributed by atoms with E-state index in [0.29, 0.717) is 23.7 Å². The fraction of sp³-hybridized carbons (Fsp3) is 0.222. The molecule has 0 saturated heterocycles. The van der Waals surface area contributed by atoms with E-state index in [4.69, 9.17) is 10.5 Å². The highest BCUT2D eigenvalue weighted by molar-refractivity contribution is 5.80. The van der Waals surface area contributed by atoms with Crippen LogP contribution in [-0.4, -0.2) is 32.2 Å². The number of hydrogen-bond donors (Lipinski definition) is 1. The molecule has 2 aromatic heterocycles. The van der Waals surface area contributed by atoms with Gasteiger partial charge in [-0.3, -0.25) is 4.79 Å². The molecule has 8 nitrogen and oxygen atoms in total. The number of nitrogens with zero attached hydrogens (tertiary/aromatic N) is 4. The first-order valence-electron chi connectivity index (χ1n) is 8.17. The molecule has 1 aromatic carbocycles. The van der Waals surface area contributed by atoms with Gasteiger partial charge in [0.05, 0.1) is 30.3 Å². The topological polar surface area (TPSA) is 105 Å². The number of esters is 1. The number of nitrogens with two attached hydrogens (primary N) is 1. The van der Waals surface area contributed by atoms with Crippen molar-refractivity contribution in [2.45, 2.75) is 13.0 Å². The Morgan fingerprint density at radius 1 is 1.35 bits per heavy atom. The molecule has 2 N–H and O–H groups in total. The monoisotopic (exact) mass is 351 g/mol. The van der Waals surface area contributed by atoms with Gasteiger partial charge in [0.15, 0.2) is 5.82 Å². The van der Waals surface area contributed by atoms with Crippen LogP contribution < -0.4 is 22.1 Å². The third-order valence-electron chi connectivity index (χ3n) is 4.42. The summed E-state index contributed by atoms with van der Waals surface area (Å²) in [5.41, 5.74) is 6.90. The number of nitrogen functional groups attached to an aromatic ring is 1. The number of carbonyl (C=O) groups is 1. The SMILES string of the molecule is COC(=O)C1C=c2c(nc(N)c3nn(Cc4ccccc4)c(=O)n23)=CC1. The Kier molecular flexibility index (Phi) is 3.80. The molecule has 1 atom stereocenters. The van der Waals surface area contributed by atoms with E-state index >= 15 is 0 Å². The number of fused-ring (bicyclic) bond motifs is 3. The normalized spacial score (nSPS) is 15.8. The second kappa shape index (κ2) is 6.14. The van der Waals surface area contributed by atoms with Gasteiger partial charge in [0.2, 0.25) is 5.65 Å². The number of anilines is 1. The minimum Gasteiger partial charge on any atom is -0.469 e. The van der Waals surface area contributed by atoms with E-state index < -0.39 is 5.92 Å². The van der Waals surface area contributed by atoms with Crippen LogP contribution in [0.3, 0.4) is 0 Å². The summed E-state index contributed by atoms with van der Waals surface area (Å²) in [5.74, 6) is -0.652. The first-order valence-corrected chi connectivity index (χ1v) is 8.17. The molecule has 0 aliphatic heterocycles. The predicted octanol–water partition coefficient (Wildman–Crippen LogP) is -0.725. The van der Waals surface area contributed by atoms with E-state index in [1.807, 2.05) is 30.3 Å². The van der Waals surface area contributed by atoms with E-state index in [0.717, 1.165) is 5.56 Å². The van der Waals surface area contributed by atoms with Crippen LogP contribution in [0.1, 0.15) is 12.0 Å². The first kappa shape index (κ1) is 16.1. The van der Waals surface area contributed by atoms with Crippen molar-refractivity contribution in [3.8, 4) is 0 Å². The number of carbonyl (C=O) groups excluding carboxylic acids is 1. The van der Waals surface area contributed by atoms with Crippen LogP contribution in [0.25, 0.3) is 17.8 Å². The summed E-state index contributed by atoms with van der Waals surface area (Å²) < 4.78 is 7.57. The van der Waals surface area contributed by atoms with Crippen molar-refractivity contribution in [3.63, 3.8) is 0 Å². The van der Waals surface area contributed by atoms with Crippen LogP contribution >= 0.6 is 0 Å². The summed E-state index contributed by atoms with van der Waals surface area (Å²) in [7, 11) is 1.34. The second-order valence-corrected chi connectivity index (χ2v) is 6.09. The second-order valence-electron chi connectivity index (χ2n) is 6.09. The zero-order chi connectivity index (χ0) is 18.3. The highest BCUT2D eigenvalue weighted by Crippen LogP contribution is 2.11. The molecule has 0 fully saturated rings. The van der Waals surface area contributed by atoms with Crippen LogP contribution in [-0.2, 0) is 16.1 Å². The van der Waals surface area contributed by atoms with Gasteiger partial charge in [0, 0.05) is 0 Å². The zero-order valence-corrected chi connectivity index (χ0v) is 14.1. The molecule has 3 aromatic rings. The average molecular weight is 351 g/mol. The minimum atomic E-state index is -0.467. The summed E-state index contributed by atoms with van der Waals surface area (Å²) in [6.45, 7) is 0.319. The smallest absolute Gasteiger partial charge is 0.351 e. The summed E-state index contributed by atoms with van der Waals surface area (Å²) in [5, 5.41) is 5.42. The number of methoxy groups -OCH3 is 1. The molecule has 2 heterocycles. The number of hydrogen-bond acceptors (Lipinski definition) is 6. The Balaban J connectivity index is 1.94. The maximum atomic E-state index is 12.9. The van der Waals surface area contributed by atoms with Gasteiger partial charge in [-0.1, -0.05) is 36.4 Å². The van der Waals surface area contributed by atoms with Crippen molar-refractivity contribution in [2.75, 3.05) is 12.8 Å². The molecule has 1 aliphatic rings. The van der Waals surface area contributed by atoms with Crippen molar-refractivity contribution >= 4 is 29.6 Å². The van der Waals surface area contributed by atoms with Gasteiger partial charge in [-0.05, 0) is 18.1 Å². The average Bonchev–Trinajstić information content (AvgIpc) is 2.99. The van der Waals surface area contributed by atoms with E-state index in [-0.39, 0.29) is 23.1 Å². The molecular formula is C18H17N5O3. The number of rotatable bonds is 3. The Bertz CT molecular complexity index is 1180. The Morgan fingerprint density at radius 2 is 2.12 bits per heavy atom. The molecule has 132 valence electrons. The minimum absolute atomic E-state index is 0.175. The van der Waals surface area contributed by atoms with E-state index in [1.54, 1.807) is 12.2 Å². The molecular weight excluding hydrogens is 334 g/mol. The highest BCUT2D eigenvalue weighted by atomic mass is 16.5. The van der Waals surface area contributed by atoms with Crippen molar-refractivity contribution in [1.82, 2.24) is 19.2 Å². The van der Waals surface area contributed by atoms with Crippen LogP contribution in [0.4, 0.5) is 5.82 Å². The van der Waals surface area contributed by atoms with E-state index in [1.165, 1.54) is 16.2 Å². The molecule has 1 unspecified atom stereocenters. The van der Waals surface area contributed by atoms with Crippen LogP contribution in [0.2, 0.25) is 0 Å². The molecule has 0 saturated carbocycles. The number of aromatic nitrogens is 4. The fourth-order valence-electron chi connectivity index (χ4n) is 3.12. The molecule has 0 radical (unpaired) electrons. The van der Waals surface area contributed by atoms with Gasteiger partial charge in [-0.15, -0.1) is 5.10 Å². The maximum Gasteiger partial charge on any atom is 0.351 e. The lowest BCUT2D eigenvalue weighted by Gasteiger charge is -2.11. The zero-order valence-electron chi connectivity index (χ0n) is 14.1. The summed E-state index contributed by atoms with van der Waals surface area (Å²) in [6, 6.07) is 9.54. The molecule has 26 heavy (non-hydrogen) atoms. The Hall–Kier alpha value is -3.42. The molecule has 0 spiro atoms. The van der Waals surface area contributed by atoms with E-state index in [9.17, 15) is 9.59 Å². The highest BCUT2D eigenvalue weighted by Gasteiger charge is 2.21. The van der Waals surface area contributed by atoms with Crippen molar-refractivity contribution < 1.29 is 9.53 Å². The van der Waals surface area contributed by atoms with Crippen molar-refractivity contribution in [2.24, 2.45) is 5.92 Å². The van der Waals surface area contributed by atoms with Crippen LogP contribution in [0.15, 0.2) is 35.1 Å². The summed E-state index contributed by atoms with van der Waals surface area (Å²) >= 11 is 0. The third kappa shape index (κ3) is 2.55. The number of ether oxygens (including phenoxy) is 1. The van der Waals surface area contributed by atoms with Gasteiger partial charge in [0.1, 0.15) is 0 Å². The van der Waals surface area contributed by atoms with Crippen molar-refractivity contribution in [1.29, 1.82) is 0 Å². The molecule has 4 rings (SSSR count). The largest absolute Gasteiger partial charge is 0.469 e. The van der Waals surface area contributed by atoms with Gasteiger partial charge >= 0.3 is 11.7 Å². The fourth-order valence-corrected chi connectivity index (χ4v) is 3.12. The van der Waals surface area contributed by atoms with Crippen LogP contribution in [0.5, 0.6) is 0 Å². The summed E-state index contributed by atoms with van der Waals surface area (Å²) in [6.07, 6.45) is 3.93. The third-order valence-corrected chi connectivity index (χ3v) is 4.42. The van der Waals surface area contributed by atoms with Gasteiger partial charge in [0.25, 0.3) is 0 Å². The van der Waals surface area contributed by atoms with E-state index in [2.05, 4.69) is 10.1 Å². The maximum absolute atomic E-state index is 12.9. The quantitative estimate of drug-likeness (QED) is 0.624. The Labute approximate surface area is 147 Å². The molecule has 0 amide bonds. The first-order chi connectivity index (χ1) is 12.6.